The third kappa shape index (κ3) is 1.68. The first-order valence-electron chi connectivity index (χ1n) is 4.77. The summed E-state index contributed by atoms with van der Waals surface area (Å²) in [6.07, 6.45) is 1.13. The van der Waals surface area contributed by atoms with Crippen molar-refractivity contribution in [1.29, 1.82) is 5.26 Å². The van der Waals surface area contributed by atoms with Crippen molar-refractivity contribution in [1.82, 2.24) is 9.55 Å². The largest absolute Gasteiger partial charge is 0.372 e. The molecule has 0 spiro atoms. The Morgan fingerprint density at radius 3 is 3.25 bits per heavy atom. The quantitative estimate of drug-likeness (QED) is 0.729. The molecular weight excluding hydrogens is 208 g/mol. The van der Waals surface area contributed by atoms with Crippen LogP contribution in [0.5, 0.6) is 0 Å². The second kappa shape index (κ2) is 4.16. The molecule has 0 fully saturated rings. The number of ether oxygens (including phenoxy) is 1. The fourth-order valence-corrected chi connectivity index (χ4v) is 1.54. The average molecular weight is 218 g/mol. The van der Waals surface area contributed by atoms with Crippen LogP contribution in [0, 0.1) is 11.3 Å². The predicted molar refractivity (Wildman–Crippen MR) is 55.4 cm³/mol. The third-order valence-corrected chi connectivity index (χ3v) is 2.27. The summed E-state index contributed by atoms with van der Waals surface area (Å²) in [4.78, 5) is 15.3. The number of amides is 1. The van der Waals surface area contributed by atoms with E-state index in [-0.39, 0.29) is 11.7 Å². The van der Waals surface area contributed by atoms with Gasteiger partial charge in [-0.15, -0.1) is 0 Å². The topological polar surface area (TPSA) is 79.9 Å². The summed E-state index contributed by atoms with van der Waals surface area (Å²) >= 11 is 0. The number of fused-ring (bicyclic) bond motifs is 1. The lowest BCUT2D eigenvalue weighted by Gasteiger charge is -2.14. The van der Waals surface area contributed by atoms with E-state index in [1.165, 1.54) is 0 Å². The van der Waals surface area contributed by atoms with Crippen LogP contribution >= 0.6 is 0 Å². The molecule has 82 valence electrons. The van der Waals surface area contributed by atoms with Crippen molar-refractivity contribution < 1.29 is 9.53 Å². The zero-order valence-corrected chi connectivity index (χ0v) is 8.56. The Morgan fingerprint density at radius 1 is 1.75 bits per heavy atom. The fraction of sp³-hybridized carbons (Fsp3) is 0.300. The highest BCUT2D eigenvalue weighted by Crippen LogP contribution is 2.19. The van der Waals surface area contributed by atoms with Gasteiger partial charge < -0.3 is 14.6 Å². The van der Waals surface area contributed by atoms with Crippen molar-refractivity contribution >= 4 is 11.7 Å². The monoisotopic (exact) mass is 218 g/mol. The van der Waals surface area contributed by atoms with Gasteiger partial charge in [-0.05, 0) is 6.08 Å². The van der Waals surface area contributed by atoms with Crippen LogP contribution in [-0.4, -0.2) is 22.1 Å². The molecule has 1 amide bonds. The maximum Gasteiger partial charge on any atom is 0.248 e. The van der Waals surface area contributed by atoms with Crippen LogP contribution in [0.2, 0.25) is 0 Å². The molecule has 0 unspecified atom stereocenters. The van der Waals surface area contributed by atoms with E-state index in [0.717, 1.165) is 6.08 Å². The molecular formula is C10H10N4O2. The smallest absolute Gasteiger partial charge is 0.248 e. The maximum atomic E-state index is 11.1. The van der Waals surface area contributed by atoms with E-state index in [0.29, 0.717) is 31.3 Å². The Balaban J connectivity index is 2.38. The maximum absolute atomic E-state index is 11.1. The first kappa shape index (κ1) is 10.4. The first-order chi connectivity index (χ1) is 7.76. The van der Waals surface area contributed by atoms with Crippen molar-refractivity contribution in [3.05, 3.63) is 24.2 Å². The summed E-state index contributed by atoms with van der Waals surface area (Å²) in [6, 6.07) is 2.03. The molecule has 1 aliphatic heterocycles. The fourth-order valence-electron chi connectivity index (χ4n) is 1.54. The number of hydrogen-bond donors (Lipinski definition) is 1. The Bertz CT molecular complexity index is 484. The molecule has 0 radical (unpaired) electrons. The number of imidazole rings is 1. The summed E-state index contributed by atoms with van der Waals surface area (Å²) < 4.78 is 6.97. The van der Waals surface area contributed by atoms with Crippen LogP contribution in [-0.2, 0) is 22.7 Å². The number of carbonyl (C=O) groups is 1. The molecule has 0 atom stereocenters. The molecule has 0 saturated carbocycles. The predicted octanol–water partition coefficient (Wildman–Crippen LogP) is 0.409. The van der Waals surface area contributed by atoms with Crippen molar-refractivity contribution in [2.45, 2.75) is 13.2 Å². The van der Waals surface area contributed by atoms with Crippen LogP contribution in [0.4, 0.5) is 5.82 Å². The molecule has 1 aliphatic rings. The van der Waals surface area contributed by atoms with Gasteiger partial charge in [0.05, 0.1) is 6.61 Å². The summed E-state index contributed by atoms with van der Waals surface area (Å²) in [5.74, 6) is 0.544. The Morgan fingerprint density at radius 2 is 2.56 bits per heavy atom. The van der Waals surface area contributed by atoms with E-state index in [9.17, 15) is 4.79 Å². The Hall–Kier alpha value is -2.13. The molecule has 1 N–H and O–H groups in total. The van der Waals surface area contributed by atoms with Crippen LogP contribution < -0.4 is 5.32 Å². The second-order valence-electron chi connectivity index (χ2n) is 3.23. The van der Waals surface area contributed by atoms with E-state index in [1.54, 1.807) is 4.57 Å². The van der Waals surface area contributed by atoms with Gasteiger partial charge in [0.1, 0.15) is 18.5 Å². The number of nitriles is 1. The first-order valence-corrected chi connectivity index (χ1v) is 4.77. The number of nitrogens with one attached hydrogen (secondary N) is 1. The van der Waals surface area contributed by atoms with Gasteiger partial charge in [-0.1, -0.05) is 6.58 Å². The summed E-state index contributed by atoms with van der Waals surface area (Å²) in [7, 11) is 0. The molecule has 2 rings (SSSR count). The number of rotatable bonds is 2. The summed E-state index contributed by atoms with van der Waals surface area (Å²) in [5, 5.41) is 11.5. The van der Waals surface area contributed by atoms with Gasteiger partial charge in [0.15, 0.2) is 11.5 Å². The number of aromatic nitrogens is 2. The number of nitrogens with zero attached hydrogens (tertiary/aromatic N) is 3. The summed E-state index contributed by atoms with van der Waals surface area (Å²) in [5.41, 5.74) is 0.355. The van der Waals surface area contributed by atoms with Gasteiger partial charge in [0.2, 0.25) is 5.91 Å². The Labute approximate surface area is 92.1 Å². The molecule has 16 heavy (non-hydrogen) atoms. The van der Waals surface area contributed by atoms with E-state index in [1.807, 2.05) is 6.07 Å². The normalized spacial score (nSPS) is 13.7. The minimum atomic E-state index is -0.382. The lowest BCUT2D eigenvalue weighted by atomic mass is 10.4. The molecule has 6 nitrogen and oxygen atoms in total. The molecule has 0 aromatic carbocycles. The van der Waals surface area contributed by atoms with E-state index < -0.39 is 0 Å². The average Bonchev–Trinajstić information content (AvgIpc) is 2.65. The van der Waals surface area contributed by atoms with Crippen LogP contribution in [0.15, 0.2) is 12.7 Å². The highest BCUT2D eigenvalue weighted by Gasteiger charge is 2.20. The van der Waals surface area contributed by atoms with Gasteiger partial charge in [0.25, 0.3) is 0 Å². The minimum absolute atomic E-state index is 0.271. The van der Waals surface area contributed by atoms with Crippen molar-refractivity contribution in [2.24, 2.45) is 0 Å². The molecule has 6 heteroatoms. The zero-order valence-electron chi connectivity index (χ0n) is 8.56. The van der Waals surface area contributed by atoms with Crippen molar-refractivity contribution in [3.8, 4) is 6.07 Å². The third-order valence-electron chi connectivity index (χ3n) is 2.27. The van der Waals surface area contributed by atoms with Gasteiger partial charge in [-0.25, -0.2) is 4.98 Å². The lowest BCUT2D eigenvalue weighted by Crippen LogP contribution is -2.17. The second-order valence-corrected chi connectivity index (χ2v) is 3.23. The lowest BCUT2D eigenvalue weighted by molar-refractivity contribution is -0.111. The van der Waals surface area contributed by atoms with Gasteiger partial charge in [-0.2, -0.15) is 5.26 Å². The minimum Gasteiger partial charge on any atom is -0.372 e. The molecule has 0 aliphatic carbocycles. The van der Waals surface area contributed by atoms with E-state index >= 15 is 0 Å². The molecule has 1 aromatic heterocycles. The molecule has 1 aromatic rings. The van der Waals surface area contributed by atoms with Crippen LogP contribution in [0.1, 0.15) is 11.5 Å². The SMILES string of the molecule is C=CC(=O)Nc1nc2n(c1C#N)CCOC2. The molecule has 0 bridgehead atoms. The van der Waals surface area contributed by atoms with Gasteiger partial charge in [0, 0.05) is 6.54 Å². The Kier molecular flexibility index (Phi) is 2.70. The highest BCUT2D eigenvalue weighted by atomic mass is 16.5. The van der Waals surface area contributed by atoms with Gasteiger partial charge >= 0.3 is 0 Å². The molecule has 0 saturated heterocycles. The van der Waals surface area contributed by atoms with E-state index in [4.69, 9.17) is 10.00 Å². The van der Waals surface area contributed by atoms with Crippen LogP contribution in [0.25, 0.3) is 0 Å². The standard InChI is InChI=1S/C10H10N4O2/c1-2-9(15)13-10-7(5-11)14-3-4-16-6-8(14)12-10/h2H,1,3-4,6H2,(H,13,15). The van der Waals surface area contributed by atoms with Crippen molar-refractivity contribution in [2.75, 3.05) is 11.9 Å². The number of anilines is 1. The molecule has 2 heterocycles. The van der Waals surface area contributed by atoms with E-state index in [2.05, 4.69) is 16.9 Å². The number of carbonyl (C=O) groups excluding carboxylic acids is 1. The van der Waals surface area contributed by atoms with Gasteiger partial charge in [-0.3, -0.25) is 4.79 Å². The van der Waals surface area contributed by atoms with Crippen molar-refractivity contribution in [3.63, 3.8) is 0 Å². The summed E-state index contributed by atoms with van der Waals surface area (Å²) in [6.45, 7) is 4.83. The highest BCUT2D eigenvalue weighted by molar-refractivity contribution is 5.98. The zero-order chi connectivity index (χ0) is 11.5. The van der Waals surface area contributed by atoms with Crippen LogP contribution in [0.3, 0.4) is 0 Å². The number of hydrogen-bond acceptors (Lipinski definition) is 4.